The Morgan fingerprint density at radius 3 is 2.50 bits per heavy atom. The van der Waals surface area contributed by atoms with Crippen molar-refractivity contribution >= 4 is 5.57 Å². The minimum Gasteiger partial charge on any atom is -0.247 e. The summed E-state index contributed by atoms with van der Waals surface area (Å²) in [5.74, 6) is 1.11. The number of alkyl halides is 1. The smallest absolute Gasteiger partial charge is 0.101 e. The van der Waals surface area contributed by atoms with Gasteiger partial charge in [-0.3, -0.25) is 0 Å². The average molecular weight is 274 g/mol. The zero-order chi connectivity index (χ0) is 14.7. The highest BCUT2D eigenvalue weighted by Gasteiger charge is 2.31. The average Bonchev–Trinajstić information content (AvgIpc) is 2.55. The van der Waals surface area contributed by atoms with Crippen LogP contribution in [0.1, 0.15) is 51.7 Å². The first-order valence-electron chi connectivity index (χ1n) is 7.96. The van der Waals surface area contributed by atoms with E-state index >= 15 is 0 Å². The molecule has 0 nitrogen and oxygen atoms in total. The van der Waals surface area contributed by atoms with Gasteiger partial charge in [-0.15, -0.1) is 0 Å². The zero-order valence-electron chi connectivity index (χ0n) is 13.2. The summed E-state index contributed by atoms with van der Waals surface area (Å²) in [6, 6.07) is 8.64. The third-order valence-corrected chi connectivity index (χ3v) is 4.56. The van der Waals surface area contributed by atoms with E-state index < -0.39 is 6.17 Å². The SMILES string of the molecule is CC[C@@H]1Cc2ccccc2/C(=C/C(C)C)C[C@@H]1[C@H](C)F. The van der Waals surface area contributed by atoms with Crippen LogP contribution in [0.2, 0.25) is 0 Å². The molecule has 1 aliphatic rings. The van der Waals surface area contributed by atoms with E-state index in [9.17, 15) is 4.39 Å². The lowest BCUT2D eigenvalue weighted by molar-refractivity contribution is 0.179. The summed E-state index contributed by atoms with van der Waals surface area (Å²) in [5.41, 5.74) is 4.10. The van der Waals surface area contributed by atoms with Crippen molar-refractivity contribution in [2.75, 3.05) is 0 Å². The molecule has 0 heterocycles. The Kier molecular flexibility index (Phi) is 5.01. The highest BCUT2D eigenvalue weighted by molar-refractivity contribution is 5.69. The van der Waals surface area contributed by atoms with E-state index in [1.54, 1.807) is 6.92 Å². The Hall–Kier alpha value is -1.11. The first-order valence-corrected chi connectivity index (χ1v) is 7.96. The molecule has 0 spiro atoms. The summed E-state index contributed by atoms with van der Waals surface area (Å²) in [6.45, 7) is 8.33. The molecule has 1 aromatic carbocycles. The Balaban J connectivity index is 2.47. The van der Waals surface area contributed by atoms with E-state index in [4.69, 9.17) is 0 Å². The van der Waals surface area contributed by atoms with Gasteiger partial charge in [-0.1, -0.05) is 57.5 Å². The Bertz CT molecular complexity index is 470. The maximum Gasteiger partial charge on any atom is 0.101 e. The normalized spacial score (nSPS) is 26.4. The van der Waals surface area contributed by atoms with Crippen molar-refractivity contribution in [3.63, 3.8) is 0 Å². The van der Waals surface area contributed by atoms with Gasteiger partial charge in [0.1, 0.15) is 6.17 Å². The summed E-state index contributed by atoms with van der Waals surface area (Å²) in [6.07, 6.45) is 4.55. The molecular weight excluding hydrogens is 247 g/mol. The number of hydrogen-bond acceptors (Lipinski definition) is 0. The molecule has 0 unspecified atom stereocenters. The number of hydrogen-bond donors (Lipinski definition) is 0. The summed E-state index contributed by atoms with van der Waals surface area (Å²) < 4.78 is 14.1. The third kappa shape index (κ3) is 3.31. The van der Waals surface area contributed by atoms with Gasteiger partial charge in [-0.25, -0.2) is 4.39 Å². The van der Waals surface area contributed by atoms with Crippen LogP contribution in [0.4, 0.5) is 4.39 Å². The molecule has 1 heteroatoms. The summed E-state index contributed by atoms with van der Waals surface area (Å²) in [7, 11) is 0. The predicted molar refractivity (Wildman–Crippen MR) is 85.4 cm³/mol. The van der Waals surface area contributed by atoms with Crippen LogP contribution < -0.4 is 0 Å². The minimum atomic E-state index is -0.732. The van der Waals surface area contributed by atoms with Gasteiger partial charge in [0.05, 0.1) is 0 Å². The van der Waals surface area contributed by atoms with Crippen molar-refractivity contribution in [3.05, 3.63) is 41.5 Å². The van der Waals surface area contributed by atoms with Crippen molar-refractivity contribution in [1.82, 2.24) is 0 Å². The quantitative estimate of drug-likeness (QED) is 0.623. The van der Waals surface area contributed by atoms with Crippen LogP contribution in [-0.4, -0.2) is 6.17 Å². The molecule has 0 amide bonds. The lowest BCUT2D eigenvalue weighted by Gasteiger charge is -2.25. The van der Waals surface area contributed by atoms with Crippen molar-refractivity contribution in [3.8, 4) is 0 Å². The van der Waals surface area contributed by atoms with E-state index in [2.05, 4.69) is 51.1 Å². The molecule has 0 bridgehead atoms. The van der Waals surface area contributed by atoms with E-state index in [1.165, 1.54) is 16.7 Å². The molecular formula is C19H27F. The second-order valence-corrected chi connectivity index (χ2v) is 6.51. The molecule has 0 radical (unpaired) electrons. The van der Waals surface area contributed by atoms with Crippen LogP contribution in [0.15, 0.2) is 30.3 Å². The molecule has 0 saturated heterocycles. The zero-order valence-corrected chi connectivity index (χ0v) is 13.2. The predicted octanol–water partition coefficient (Wildman–Crippen LogP) is 5.67. The molecule has 20 heavy (non-hydrogen) atoms. The number of rotatable bonds is 3. The Morgan fingerprint density at radius 1 is 1.20 bits per heavy atom. The van der Waals surface area contributed by atoms with Crippen molar-refractivity contribution in [2.45, 2.75) is 53.1 Å². The largest absolute Gasteiger partial charge is 0.247 e. The van der Waals surface area contributed by atoms with Crippen molar-refractivity contribution in [1.29, 1.82) is 0 Å². The second-order valence-electron chi connectivity index (χ2n) is 6.51. The first kappa shape index (κ1) is 15.3. The van der Waals surface area contributed by atoms with Crippen LogP contribution in [0.25, 0.3) is 5.57 Å². The second kappa shape index (κ2) is 6.56. The number of halogens is 1. The highest BCUT2D eigenvalue weighted by atomic mass is 19.1. The van der Waals surface area contributed by atoms with Crippen LogP contribution in [0.3, 0.4) is 0 Å². The van der Waals surface area contributed by atoms with Crippen LogP contribution in [0, 0.1) is 17.8 Å². The van der Waals surface area contributed by atoms with E-state index in [-0.39, 0.29) is 5.92 Å². The monoisotopic (exact) mass is 274 g/mol. The highest BCUT2D eigenvalue weighted by Crippen LogP contribution is 2.40. The van der Waals surface area contributed by atoms with Gasteiger partial charge in [0.15, 0.2) is 0 Å². The number of benzene rings is 1. The summed E-state index contributed by atoms with van der Waals surface area (Å²) in [5, 5.41) is 0. The Morgan fingerprint density at radius 2 is 1.90 bits per heavy atom. The molecule has 0 aliphatic heterocycles. The van der Waals surface area contributed by atoms with Gasteiger partial charge >= 0.3 is 0 Å². The molecule has 1 aliphatic carbocycles. The Labute approximate surface area is 123 Å². The molecule has 1 aromatic rings. The van der Waals surface area contributed by atoms with Crippen LogP contribution in [-0.2, 0) is 6.42 Å². The molecule has 0 saturated carbocycles. The topological polar surface area (TPSA) is 0 Å². The standard InChI is InChI=1S/C19H27F/c1-5-15-11-16-8-6-7-9-18(16)17(10-13(2)3)12-19(15)14(4)20/h6-10,13-15,19H,5,11-12H2,1-4H3/b17-10+/t14-,15+,19+/m0/s1. The molecule has 2 rings (SSSR count). The molecule has 0 aromatic heterocycles. The third-order valence-electron chi connectivity index (χ3n) is 4.56. The molecule has 0 N–H and O–H groups in total. The fourth-order valence-corrected chi connectivity index (χ4v) is 3.52. The van der Waals surface area contributed by atoms with E-state index in [0.717, 1.165) is 19.3 Å². The molecule has 110 valence electrons. The van der Waals surface area contributed by atoms with Crippen molar-refractivity contribution < 1.29 is 4.39 Å². The fourth-order valence-electron chi connectivity index (χ4n) is 3.52. The van der Waals surface area contributed by atoms with Crippen LogP contribution in [0.5, 0.6) is 0 Å². The van der Waals surface area contributed by atoms with Gasteiger partial charge < -0.3 is 0 Å². The fraction of sp³-hybridized carbons (Fsp3) is 0.579. The number of fused-ring (bicyclic) bond motifs is 1. The lowest BCUT2D eigenvalue weighted by atomic mass is 9.81. The van der Waals surface area contributed by atoms with Gasteiger partial charge in [-0.05, 0) is 54.2 Å². The maximum atomic E-state index is 14.1. The van der Waals surface area contributed by atoms with Gasteiger partial charge in [0.2, 0.25) is 0 Å². The van der Waals surface area contributed by atoms with Gasteiger partial charge in [0, 0.05) is 0 Å². The van der Waals surface area contributed by atoms with E-state index in [1.807, 2.05) is 0 Å². The molecule has 3 atom stereocenters. The first-order chi connectivity index (χ1) is 9.52. The summed E-state index contributed by atoms with van der Waals surface area (Å²) >= 11 is 0. The maximum absolute atomic E-state index is 14.1. The van der Waals surface area contributed by atoms with Crippen molar-refractivity contribution in [2.24, 2.45) is 17.8 Å². The molecule has 0 fully saturated rings. The summed E-state index contributed by atoms with van der Waals surface area (Å²) in [4.78, 5) is 0. The van der Waals surface area contributed by atoms with Crippen LogP contribution >= 0.6 is 0 Å². The number of allylic oxidation sites excluding steroid dienone is 2. The van der Waals surface area contributed by atoms with Gasteiger partial charge in [0.25, 0.3) is 0 Å². The lowest BCUT2D eigenvalue weighted by Crippen LogP contribution is -2.23. The van der Waals surface area contributed by atoms with E-state index in [0.29, 0.717) is 11.8 Å². The van der Waals surface area contributed by atoms with Gasteiger partial charge in [-0.2, -0.15) is 0 Å². The minimum absolute atomic E-state index is 0.150.